The number of nitrogens with one attached hydrogen (secondary N) is 1. The molecule has 142 valence electrons. The second-order valence-corrected chi connectivity index (χ2v) is 7.88. The van der Waals surface area contributed by atoms with Gasteiger partial charge in [0.05, 0.1) is 11.4 Å². The van der Waals surface area contributed by atoms with Crippen LogP contribution in [0.4, 0.5) is 5.95 Å². The van der Waals surface area contributed by atoms with Crippen LogP contribution in [0.3, 0.4) is 0 Å². The highest BCUT2D eigenvalue weighted by molar-refractivity contribution is 7.98. The number of benzene rings is 1. The average molecular weight is 409 g/mol. The molecule has 28 heavy (non-hydrogen) atoms. The van der Waals surface area contributed by atoms with Crippen molar-refractivity contribution in [2.45, 2.75) is 10.9 Å². The Labute approximate surface area is 172 Å². The summed E-state index contributed by atoms with van der Waals surface area (Å²) in [5.74, 6) is 2.57. The quantitative estimate of drug-likeness (QED) is 0.345. The Bertz CT molecular complexity index is 1040. The third-order valence-electron chi connectivity index (χ3n) is 4.06. The lowest BCUT2D eigenvalue weighted by Crippen LogP contribution is -2.12. The molecule has 1 aromatic carbocycles. The molecule has 0 atom stereocenters. The Hall–Kier alpha value is -2.58. The van der Waals surface area contributed by atoms with E-state index in [1.165, 1.54) is 11.8 Å². The van der Waals surface area contributed by atoms with Gasteiger partial charge in [-0.25, -0.2) is 4.98 Å². The number of nitrogens with zero attached hydrogens (tertiary/aromatic N) is 5. The van der Waals surface area contributed by atoms with Crippen LogP contribution in [0.15, 0.2) is 66.0 Å². The van der Waals surface area contributed by atoms with Gasteiger partial charge in [0.2, 0.25) is 5.95 Å². The van der Waals surface area contributed by atoms with Gasteiger partial charge >= 0.3 is 0 Å². The molecule has 0 aliphatic heterocycles. The van der Waals surface area contributed by atoms with Crippen molar-refractivity contribution in [3.8, 4) is 11.3 Å². The number of hydrogen-bond donors (Lipinski definition) is 1. The van der Waals surface area contributed by atoms with Crippen LogP contribution in [0.5, 0.6) is 0 Å². The Morgan fingerprint density at radius 2 is 1.89 bits per heavy atom. The SMILES string of the molecule is CSc1nc(NCCSCc2ccccn2)n2nc(-c3ccccc3)cc2n1. The van der Waals surface area contributed by atoms with Gasteiger partial charge in [-0.15, -0.1) is 0 Å². The summed E-state index contributed by atoms with van der Waals surface area (Å²) in [5, 5.41) is 8.85. The third kappa shape index (κ3) is 4.45. The smallest absolute Gasteiger partial charge is 0.228 e. The van der Waals surface area contributed by atoms with Gasteiger partial charge in [0.25, 0.3) is 0 Å². The molecular formula is C20H20N6S2. The predicted molar refractivity (Wildman–Crippen MR) is 117 cm³/mol. The lowest BCUT2D eigenvalue weighted by Gasteiger charge is -2.08. The first-order chi connectivity index (χ1) is 13.8. The predicted octanol–water partition coefficient (Wildman–Crippen LogP) is 4.25. The number of pyridine rings is 1. The molecule has 8 heteroatoms. The molecule has 0 saturated heterocycles. The molecule has 3 aromatic heterocycles. The van der Waals surface area contributed by atoms with Crippen molar-refractivity contribution in [3.63, 3.8) is 0 Å². The van der Waals surface area contributed by atoms with Gasteiger partial charge in [-0.2, -0.15) is 26.4 Å². The average Bonchev–Trinajstić information content (AvgIpc) is 3.19. The van der Waals surface area contributed by atoms with Gasteiger partial charge in [-0.05, 0) is 18.4 Å². The van der Waals surface area contributed by atoms with Crippen molar-refractivity contribution >= 4 is 35.1 Å². The van der Waals surface area contributed by atoms with Crippen LogP contribution >= 0.6 is 23.5 Å². The molecule has 0 aliphatic carbocycles. The topological polar surface area (TPSA) is 68.0 Å². The first kappa shape index (κ1) is 18.8. The Morgan fingerprint density at radius 1 is 1.04 bits per heavy atom. The number of anilines is 1. The molecule has 1 N–H and O–H groups in total. The van der Waals surface area contributed by atoms with Gasteiger partial charge < -0.3 is 5.32 Å². The maximum atomic E-state index is 4.71. The summed E-state index contributed by atoms with van der Waals surface area (Å²) in [5.41, 5.74) is 3.85. The summed E-state index contributed by atoms with van der Waals surface area (Å²) >= 11 is 3.37. The maximum absolute atomic E-state index is 4.71. The Kier molecular flexibility index (Phi) is 6.08. The highest BCUT2D eigenvalue weighted by Gasteiger charge is 2.11. The molecular weight excluding hydrogens is 388 g/mol. The summed E-state index contributed by atoms with van der Waals surface area (Å²) < 4.78 is 1.78. The molecule has 0 unspecified atom stereocenters. The number of rotatable bonds is 8. The fourth-order valence-electron chi connectivity index (χ4n) is 2.72. The van der Waals surface area contributed by atoms with E-state index in [-0.39, 0.29) is 0 Å². The van der Waals surface area contributed by atoms with Gasteiger partial charge in [0.15, 0.2) is 10.8 Å². The number of fused-ring (bicyclic) bond motifs is 1. The zero-order chi connectivity index (χ0) is 19.2. The van der Waals surface area contributed by atoms with E-state index in [9.17, 15) is 0 Å². The second-order valence-electron chi connectivity index (χ2n) is 6.00. The standard InChI is InChI=1S/C20H20N6S2/c1-27-20-23-18-13-17(15-7-3-2-4-8-15)25-26(18)19(24-20)22-11-12-28-14-16-9-5-6-10-21-16/h2-10,13H,11-12,14H2,1H3,(H,22,23,24). The summed E-state index contributed by atoms with van der Waals surface area (Å²) in [6.45, 7) is 0.790. The van der Waals surface area contributed by atoms with Crippen LogP contribution in [0.25, 0.3) is 16.9 Å². The van der Waals surface area contributed by atoms with Crippen LogP contribution in [-0.2, 0) is 5.75 Å². The van der Waals surface area contributed by atoms with Crippen molar-refractivity contribution in [1.29, 1.82) is 0 Å². The van der Waals surface area contributed by atoms with E-state index >= 15 is 0 Å². The molecule has 3 heterocycles. The van der Waals surface area contributed by atoms with Crippen molar-refractivity contribution < 1.29 is 0 Å². The van der Waals surface area contributed by atoms with Crippen molar-refractivity contribution in [1.82, 2.24) is 24.6 Å². The Balaban J connectivity index is 1.47. The minimum atomic E-state index is 0.718. The summed E-state index contributed by atoms with van der Waals surface area (Å²) in [4.78, 5) is 13.5. The summed E-state index contributed by atoms with van der Waals surface area (Å²) in [6.07, 6.45) is 3.81. The monoisotopic (exact) mass is 408 g/mol. The molecule has 0 radical (unpaired) electrons. The first-order valence-electron chi connectivity index (χ1n) is 8.92. The third-order valence-corrected chi connectivity index (χ3v) is 5.60. The normalized spacial score (nSPS) is 11.0. The van der Waals surface area contributed by atoms with E-state index < -0.39 is 0 Å². The Morgan fingerprint density at radius 3 is 2.68 bits per heavy atom. The van der Waals surface area contributed by atoms with Crippen LogP contribution in [0.1, 0.15) is 5.69 Å². The fourth-order valence-corrected chi connectivity index (χ4v) is 3.85. The van der Waals surface area contributed by atoms with E-state index in [0.29, 0.717) is 0 Å². The molecule has 6 nitrogen and oxygen atoms in total. The zero-order valence-electron chi connectivity index (χ0n) is 15.4. The van der Waals surface area contributed by atoms with Gasteiger partial charge in [-0.3, -0.25) is 4.98 Å². The van der Waals surface area contributed by atoms with Gasteiger partial charge in [0.1, 0.15) is 0 Å². The largest absolute Gasteiger partial charge is 0.353 e. The van der Waals surface area contributed by atoms with Crippen LogP contribution in [0.2, 0.25) is 0 Å². The van der Waals surface area contributed by atoms with E-state index in [1.807, 2.05) is 78.8 Å². The van der Waals surface area contributed by atoms with Crippen LogP contribution < -0.4 is 5.32 Å². The lowest BCUT2D eigenvalue weighted by atomic mass is 10.2. The van der Waals surface area contributed by atoms with E-state index in [2.05, 4.69) is 20.3 Å². The highest BCUT2D eigenvalue weighted by atomic mass is 32.2. The molecule has 0 bridgehead atoms. The second kappa shape index (κ2) is 9.07. The summed E-state index contributed by atoms with van der Waals surface area (Å²) in [6, 6.07) is 18.1. The molecule has 0 spiro atoms. The molecule has 0 fully saturated rings. The first-order valence-corrected chi connectivity index (χ1v) is 11.3. The highest BCUT2D eigenvalue weighted by Crippen LogP contribution is 2.22. The number of thioether (sulfide) groups is 2. The van der Waals surface area contributed by atoms with Crippen molar-refractivity contribution in [2.75, 3.05) is 23.9 Å². The number of hydrogen-bond acceptors (Lipinski definition) is 7. The van der Waals surface area contributed by atoms with E-state index in [4.69, 9.17) is 5.10 Å². The van der Waals surface area contributed by atoms with Crippen molar-refractivity contribution in [2.24, 2.45) is 0 Å². The van der Waals surface area contributed by atoms with Crippen molar-refractivity contribution in [3.05, 3.63) is 66.5 Å². The minimum Gasteiger partial charge on any atom is -0.353 e. The lowest BCUT2D eigenvalue weighted by molar-refractivity contribution is 0.837. The molecule has 0 aliphatic rings. The van der Waals surface area contributed by atoms with E-state index in [1.54, 1.807) is 4.52 Å². The molecule has 0 saturated carbocycles. The molecule has 0 amide bonds. The van der Waals surface area contributed by atoms with E-state index in [0.717, 1.165) is 51.8 Å². The zero-order valence-corrected chi connectivity index (χ0v) is 17.1. The van der Waals surface area contributed by atoms with Crippen LogP contribution in [-0.4, -0.2) is 43.1 Å². The van der Waals surface area contributed by atoms with Gasteiger partial charge in [-0.1, -0.05) is 48.2 Å². The molecule has 4 aromatic rings. The minimum absolute atomic E-state index is 0.718. The van der Waals surface area contributed by atoms with Gasteiger partial charge in [0, 0.05) is 35.9 Å². The molecule has 4 rings (SSSR count). The fraction of sp³-hybridized carbons (Fsp3) is 0.200. The number of aromatic nitrogens is 5. The maximum Gasteiger partial charge on any atom is 0.228 e. The summed E-state index contributed by atoms with van der Waals surface area (Å²) in [7, 11) is 0. The van der Waals surface area contributed by atoms with Crippen LogP contribution in [0, 0.1) is 0 Å².